The van der Waals surface area contributed by atoms with Crippen LogP contribution in [0.25, 0.3) is 10.6 Å². The molecule has 0 spiro atoms. The van der Waals surface area contributed by atoms with Crippen molar-refractivity contribution >= 4 is 22.9 Å². The molecule has 3 aromatic rings. The monoisotopic (exact) mass is 367 g/mol. The Bertz CT molecular complexity index is 831. The summed E-state index contributed by atoms with van der Waals surface area (Å²) in [4.78, 5) is 12.1. The van der Waals surface area contributed by atoms with Crippen molar-refractivity contribution < 1.29 is 9.53 Å². The Morgan fingerprint density at radius 3 is 2.50 bits per heavy atom. The van der Waals surface area contributed by atoms with Crippen molar-refractivity contribution in [2.24, 2.45) is 0 Å². The zero-order chi connectivity index (χ0) is 18.4. The number of ether oxygens (including phenoxy) is 1. The largest absolute Gasteiger partial charge is 0.484 e. The molecule has 1 amide bonds. The lowest BCUT2D eigenvalue weighted by molar-refractivity contribution is -0.118. The molecule has 1 N–H and O–H groups in total. The van der Waals surface area contributed by atoms with E-state index in [0.29, 0.717) is 11.7 Å². The first-order chi connectivity index (χ1) is 12.7. The van der Waals surface area contributed by atoms with Gasteiger partial charge < -0.3 is 10.1 Å². The average molecular weight is 367 g/mol. The maximum atomic E-state index is 12.1. The number of nitrogens with zero attached hydrogens (tertiary/aromatic N) is 2. The number of hydrogen-bond donors (Lipinski definition) is 1. The predicted molar refractivity (Wildman–Crippen MR) is 105 cm³/mol. The van der Waals surface area contributed by atoms with Gasteiger partial charge in [0.25, 0.3) is 5.91 Å². The minimum absolute atomic E-state index is 0.0364. The Balaban J connectivity index is 1.51. The van der Waals surface area contributed by atoms with Gasteiger partial charge in [-0.15, -0.1) is 10.2 Å². The summed E-state index contributed by atoms with van der Waals surface area (Å²) in [5.41, 5.74) is 4.72. The van der Waals surface area contributed by atoms with Gasteiger partial charge in [-0.3, -0.25) is 4.79 Å². The van der Waals surface area contributed by atoms with E-state index in [9.17, 15) is 4.79 Å². The van der Waals surface area contributed by atoms with Crippen molar-refractivity contribution in [3.8, 4) is 16.3 Å². The molecule has 3 rings (SSSR count). The molecule has 1 aromatic heterocycles. The third kappa shape index (κ3) is 4.67. The van der Waals surface area contributed by atoms with Crippen LogP contribution in [0.1, 0.15) is 31.7 Å². The summed E-state index contributed by atoms with van der Waals surface area (Å²) in [6.07, 6.45) is 1.09. The number of aromatic nitrogens is 2. The molecule has 1 heterocycles. The molecule has 0 aliphatic rings. The number of rotatable bonds is 7. The maximum Gasteiger partial charge on any atom is 0.262 e. The van der Waals surface area contributed by atoms with Crippen LogP contribution in [0, 0.1) is 0 Å². The number of benzene rings is 2. The van der Waals surface area contributed by atoms with Gasteiger partial charge in [0.1, 0.15) is 16.3 Å². The second-order valence-electron chi connectivity index (χ2n) is 6.04. The highest BCUT2D eigenvalue weighted by atomic mass is 32.1. The molecular weight excluding hydrogens is 346 g/mol. The van der Waals surface area contributed by atoms with Crippen LogP contribution in [-0.4, -0.2) is 22.7 Å². The van der Waals surface area contributed by atoms with Gasteiger partial charge in [-0.1, -0.05) is 37.3 Å². The van der Waals surface area contributed by atoms with Gasteiger partial charge in [0, 0.05) is 11.3 Å². The molecule has 0 saturated heterocycles. The molecular formula is C20H21N3O2S. The van der Waals surface area contributed by atoms with Gasteiger partial charge in [0.15, 0.2) is 6.61 Å². The van der Waals surface area contributed by atoms with E-state index in [1.165, 1.54) is 16.9 Å². The number of carbonyl (C=O) groups is 1. The summed E-state index contributed by atoms with van der Waals surface area (Å²) in [6, 6.07) is 15.4. The number of hydrogen-bond acceptors (Lipinski definition) is 5. The summed E-state index contributed by atoms with van der Waals surface area (Å²) >= 11 is 1.48. The van der Waals surface area contributed by atoms with E-state index in [1.807, 2.05) is 36.4 Å². The van der Waals surface area contributed by atoms with Crippen LogP contribution in [0.2, 0.25) is 0 Å². The molecule has 26 heavy (non-hydrogen) atoms. The van der Waals surface area contributed by atoms with Crippen molar-refractivity contribution in [1.82, 2.24) is 10.2 Å². The lowest BCUT2D eigenvalue weighted by Crippen LogP contribution is -2.20. The number of anilines is 1. The Hall–Kier alpha value is -2.73. The average Bonchev–Trinajstić information content (AvgIpc) is 3.21. The molecule has 5 nitrogen and oxygen atoms in total. The van der Waals surface area contributed by atoms with Crippen molar-refractivity contribution in [3.05, 3.63) is 59.6 Å². The van der Waals surface area contributed by atoms with E-state index in [0.717, 1.165) is 22.7 Å². The first-order valence-corrected chi connectivity index (χ1v) is 9.43. The lowest BCUT2D eigenvalue weighted by Gasteiger charge is -2.11. The first kappa shape index (κ1) is 18.1. The second-order valence-corrected chi connectivity index (χ2v) is 6.87. The molecule has 0 fully saturated rings. The Labute approximate surface area is 157 Å². The van der Waals surface area contributed by atoms with E-state index in [2.05, 4.69) is 41.5 Å². The summed E-state index contributed by atoms with van der Waals surface area (Å²) in [5.74, 6) is 0.973. The Morgan fingerprint density at radius 2 is 1.88 bits per heavy atom. The molecule has 0 radical (unpaired) electrons. The first-order valence-electron chi connectivity index (χ1n) is 8.55. The lowest BCUT2D eigenvalue weighted by atomic mass is 9.99. The van der Waals surface area contributed by atoms with Crippen molar-refractivity contribution in [1.29, 1.82) is 0 Å². The van der Waals surface area contributed by atoms with Crippen LogP contribution in [0.3, 0.4) is 0 Å². The highest BCUT2D eigenvalue weighted by Crippen LogP contribution is 2.23. The number of nitrogens with one attached hydrogen (secondary N) is 1. The van der Waals surface area contributed by atoms with E-state index in [-0.39, 0.29) is 12.5 Å². The molecule has 134 valence electrons. The van der Waals surface area contributed by atoms with Crippen molar-refractivity contribution in [2.75, 3.05) is 11.9 Å². The quantitative estimate of drug-likeness (QED) is 0.655. The SMILES string of the molecule is CC[C@H](C)c1ccc(NC(=O)COc2ccc(-c3nncs3)cc2)cc1. The van der Waals surface area contributed by atoms with Crippen molar-refractivity contribution in [2.45, 2.75) is 26.2 Å². The van der Waals surface area contributed by atoms with Crippen LogP contribution in [0.4, 0.5) is 5.69 Å². The zero-order valence-electron chi connectivity index (χ0n) is 14.8. The normalized spacial score (nSPS) is 11.8. The smallest absolute Gasteiger partial charge is 0.262 e. The van der Waals surface area contributed by atoms with Gasteiger partial charge in [0.05, 0.1) is 0 Å². The van der Waals surface area contributed by atoms with Crippen LogP contribution in [0.15, 0.2) is 54.0 Å². The standard InChI is InChI=1S/C20H21N3O2S/c1-3-14(2)15-4-8-17(9-5-15)22-19(24)12-25-18-10-6-16(7-11-18)20-23-21-13-26-20/h4-11,13-14H,3,12H2,1-2H3,(H,22,24)/t14-/m0/s1. The van der Waals surface area contributed by atoms with Gasteiger partial charge in [-0.05, 0) is 54.3 Å². The van der Waals surface area contributed by atoms with Gasteiger partial charge >= 0.3 is 0 Å². The van der Waals surface area contributed by atoms with Crippen LogP contribution < -0.4 is 10.1 Å². The molecule has 2 aromatic carbocycles. The molecule has 0 saturated carbocycles. The fourth-order valence-corrected chi connectivity index (χ4v) is 3.03. The third-order valence-electron chi connectivity index (χ3n) is 4.21. The van der Waals surface area contributed by atoms with E-state index >= 15 is 0 Å². The number of amides is 1. The Kier molecular flexibility index (Phi) is 5.96. The molecule has 6 heteroatoms. The van der Waals surface area contributed by atoms with E-state index < -0.39 is 0 Å². The molecule has 0 aliphatic carbocycles. The van der Waals surface area contributed by atoms with Crippen LogP contribution >= 0.6 is 11.3 Å². The summed E-state index contributed by atoms with van der Waals surface area (Å²) in [6.45, 7) is 4.32. The summed E-state index contributed by atoms with van der Waals surface area (Å²) < 4.78 is 5.55. The van der Waals surface area contributed by atoms with E-state index in [1.54, 1.807) is 5.51 Å². The molecule has 0 unspecified atom stereocenters. The predicted octanol–water partition coefficient (Wildman–Crippen LogP) is 4.74. The summed E-state index contributed by atoms with van der Waals surface area (Å²) in [7, 11) is 0. The fraction of sp³-hybridized carbons (Fsp3) is 0.250. The fourth-order valence-electron chi connectivity index (χ4n) is 2.47. The second kappa shape index (κ2) is 8.58. The Morgan fingerprint density at radius 1 is 1.15 bits per heavy atom. The zero-order valence-corrected chi connectivity index (χ0v) is 15.6. The van der Waals surface area contributed by atoms with Crippen molar-refractivity contribution in [3.63, 3.8) is 0 Å². The number of carbonyl (C=O) groups excluding carboxylic acids is 1. The highest BCUT2D eigenvalue weighted by molar-refractivity contribution is 7.12. The maximum absolute atomic E-state index is 12.1. The van der Waals surface area contributed by atoms with Crippen LogP contribution in [-0.2, 0) is 4.79 Å². The molecule has 0 bridgehead atoms. The molecule has 0 aliphatic heterocycles. The third-order valence-corrected chi connectivity index (χ3v) is 4.95. The van der Waals surface area contributed by atoms with Gasteiger partial charge in [-0.2, -0.15) is 0 Å². The van der Waals surface area contributed by atoms with Gasteiger partial charge in [0.2, 0.25) is 0 Å². The minimum atomic E-state index is -0.186. The minimum Gasteiger partial charge on any atom is -0.484 e. The highest BCUT2D eigenvalue weighted by Gasteiger charge is 2.07. The van der Waals surface area contributed by atoms with E-state index in [4.69, 9.17) is 4.74 Å². The van der Waals surface area contributed by atoms with Gasteiger partial charge in [-0.25, -0.2) is 0 Å². The summed E-state index contributed by atoms with van der Waals surface area (Å²) in [5, 5.41) is 11.6. The molecule has 1 atom stereocenters. The van der Waals surface area contributed by atoms with Crippen LogP contribution in [0.5, 0.6) is 5.75 Å². The topological polar surface area (TPSA) is 64.1 Å².